The first-order chi connectivity index (χ1) is 15.6. The average molecular weight is 441 g/mol. The van der Waals surface area contributed by atoms with Crippen molar-refractivity contribution in [2.45, 2.75) is 26.2 Å². The lowest BCUT2D eigenvalue weighted by Crippen LogP contribution is -2.39. The van der Waals surface area contributed by atoms with Crippen LogP contribution in [-0.4, -0.2) is 68.1 Å². The van der Waals surface area contributed by atoms with Crippen LogP contribution in [0.5, 0.6) is 17.2 Å². The monoisotopic (exact) mass is 440 g/mol. The van der Waals surface area contributed by atoms with Gasteiger partial charge >= 0.3 is 0 Å². The number of para-hydroxylation sites is 2. The van der Waals surface area contributed by atoms with E-state index in [-0.39, 0.29) is 18.4 Å². The van der Waals surface area contributed by atoms with Crippen LogP contribution in [0.1, 0.15) is 24.8 Å². The quantitative estimate of drug-likeness (QED) is 0.560. The Bertz CT molecular complexity index is 884. The average Bonchev–Trinajstić information content (AvgIpc) is 3.08. The molecule has 0 bridgehead atoms. The highest BCUT2D eigenvalue weighted by Gasteiger charge is 2.22. The van der Waals surface area contributed by atoms with Crippen LogP contribution < -0.4 is 14.2 Å². The van der Waals surface area contributed by atoms with Crippen molar-refractivity contribution >= 4 is 11.8 Å². The molecule has 2 aromatic carbocycles. The summed E-state index contributed by atoms with van der Waals surface area (Å²) in [5, 5.41) is 0. The van der Waals surface area contributed by atoms with Crippen LogP contribution in [0.4, 0.5) is 0 Å². The predicted molar refractivity (Wildman–Crippen MR) is 122 cm³/mol. The van der Waals surface area contributed by atoms with Gasteiger partial charge < -0.3 is 24.0 Å². The van der Waals surface area contributed by atoms with Gasteiger partial charge in [-0.25, -0.2) is 0 Å². The third kappa shape index (κ3) is 6.90. The number of rotatable bonds is 9. The highest BCUT2D eigenvalue weighted by atomic mass is 16.5. The van der Waals surface area contributed by atoms with E-state index in [4.69, 9.17) is 14.2 Å². The molecule has 7 heteroatoms. The summed E-state index contributed by atoms with van der Waals surface area (Å²) < 4.78 is 16.6. The second kappa shape index (κ2) is 12.0. The van der Waals surface area contributed by atoms with Crippen molar-refractivity contribution in [3.8, 4) is 17.2 Å². The number of carbonyl (C=O) groups excluding carboxylic acids is 2. The molecule has 0 aliphatic carbocycles. The summed E-state index contributed by atoms with van der Waals surface area (Å²) in [4.78, 5) is 28.8. The van der Waals surface area contributed by atoms with Crippen molar-refractivity contribution in [3.05, 3.63) is 54.1 Å². The lowest BCUT2D eigenvalue weighted by molar-refractivity contribution is -0.134. The maximum atomic E-state index is 12.6. The number of carbonyl (C=O) groups is 2. The smallest absolute Gasteiger partial charge is 0.260 e. The zero-order chi connectivity index (χ0) is 22.8. The first-order valence-corrected chi connectivity index (χ1v) is 11.1. The normalized spacial score (nSPS) is 13.9. The van der Waals surface area contributed by atoms with E-state index < -0.39 is 0 Å². The van der Waals surface area contributed by atoms with Crippen molar-refractivity contribution in [1.29, 1.82) is 0 Å². The van der Waals surface area contributed by atoms with Crippen LogP contribution in [0.2, 0.25) is 0 Å². The molecule has 0 spiro atoms. The van der Waals surface area contributed by atoms with Gasteiger partial charge in [0.15, 0.2) is 18.1 Å². The maximum Gasteiger partial charge on any atom is 0.260 e. The van der Waals surface area contributed by atoms with Gasteiger partial charge in [0, 0.05) is 32.6 Å². The van der Waals surface area contributed by atoms with E-state index in [0.29, 0.717) is 57.1 Å². The Balaban J connectivity index is 1.38. The second-order valence-corrected chi connectivity index (χ2v) is 7.82. The number of methoxy groups -OCH3 is 1. The fourth-order valence-electron chi connectivity index (χ4n) is 3.59. The van der Waals surface area contributed by atoms with Crippen LogP contribution in [0.15, 0.2) is 48.5 Å². The number of hydrogen-bond donors (Lipinski definition) is 0. The Morgan fingerprint density at radius 1 is 0.844 bits per heavy atom. The first kappa shape index (κ1) is 23.4. The fraction of sp³-hybridized carbons (Fsp3) is 0.440. The molecule has 0 saturated carbocycles. The molecule has 0 aromatic heterocycles. The molecule has 32 heavy (non-hydrogen) atoms. The number of amides is 2. The third-order valence-electron chi connectivity index (χ3n) is 5.45. The summed E-state index contributed by atoms with van der Waals surface area (Å²) in [6.07, 6.45) is 1.86. The summed E-state index contributed by atoms with van der Waals surface area (Å²) in [6, 6.07) is 15.1. The molecule has 1 heterocycles. The molecular formula is C25H32N2O5. The van der Waals surface area contributed by atoms with Crippen molar-refractivity contribution in [2.24, 2.45) is 0 Å². The molecule has 3 rings (SSSR count). The molecule has 2 aromatic rings. The SMILES string of the molecule is COc1ccccc1OCC(=O)N1CCCN(C(=O)CCCOc2ccc(C)cc2)CC1. The van der Waals surface area contributed by atoms with Gasteiger partial charge in [-0.3, -0.25) is 9.59 Å². The van der Waals surface area contributed by atoms with Gasteiger partial charge in [-0.1, -0.05) is 29.8 Å². The molecule has 1 aliphatic heterocycles. The number of benzene rings is 2. The minimum atomic E-state index is -0.0864. The van der Waals surface area contributed by atoms with Gasteiger partial charge in [0.1, 0.15) is 5.75 Å². The van der Waals surface area contributed by atoms with Gasteiger partial charge in [-0.2, -0.15) is 0 Å². The predicted octanol–water partition coefficient (Wildman–Crippen LogP) is 3.30. The summed E-state index contributed by atoms with van der Waals surface area (Å²) in [7, 11) is 1.57. The molecule has 0 unspecified atom stereocenters. The van der Waals surface area contributed by atoms with Crippen molar-refractivity contribution in [3.63, 3.8) is 0 Å². The molecule has 0 N–H and O–H groups in total. The maximum absolute atomic E-state index is 12.6. The molecule has 0 atom stereocenters. The van der Waals surface area contributed by atoms with Crippen LogP contribution in [0, 0.1) is 6.92 Å². The Hall–Kier alpha value is -3.22. The van der Waals surface area contributed by atoms with Crippen LogP contribution >= 0.6 is 0 Å². The number of hydrogen-bond acceptors (Lipinski definition) is 5. The number of ether oxygens (including phenoxy) is 3. The molecule has 1 fully saturated rings. The first-order valence-electron chi connectivity index (χ1n) is 11.1. The third-order valence-corrected chi connectivity index (χ3v) is 5.45. The van der Waals surface area contributed by atoms with E-state index in [2.05, 4.69) is 0 Å². The van der Waals surface area contributed by atoms with Crippen LogP contribution in [0.3, 0.4) is 0 Å². The van der Waals surface area contributed by atoms with E-state index in [1.54, 1.807) is 24.1 Å². The topological polar surface area (TPSA) is 68.3 Å². The summed E-state index contributed by atoms with van der Waals surface area (Å²) >= 11 is 0. The Kier molecular flexibility index (Phi) is 8.78. The highest BCUT2D eigenvalue weighted by Crippen LogP contribution is 2.25. The molecule has 1 aliphatic rings. The molecule has 1 saturated heterocycles. The summed E-state index contributed by atoms with van der Waals surface area (Å²) in [6.45, 7) is 4.82. The molecule has 172 valence electrons. The standard InChI is InChI=1S/C25H32N2O5/c1-20-10-12-21(13-11-20)31-18-5-9-24(28)26-14-6-15-27(17-16-26)25(29)19-32-23-8-4-3-7-22(23)30-2/h3-4,7-8,10-13H,5-6,9,14-19H2,1-2H3. The minimum Gasteiger partial charge on any atom is -0.494 e. The van der Waals surface area contributed by atoms with E-state index in [0.717, 1.165) is 12.2 Å². The van der Waals surface area contributed by atoms with Gasteiger partial charge in [0.2, 0.25) is 5.91 Å². The zero-order valence-corrected chi connectivity index (χ0v) is 18.9. The van der Waals surface area contributed by atoms with Gasteiger partial charge in [0.05, 0.1) is 13.7 Å². The van der Waals surface area contributed by atoms with Crippen LogP contribution in [-0.2, 0) is 9.59 Å². The Morgan fingerprint density at radius 2 is 1.50 bits per heavy atom. The van der Waals surface area contributed by atoms with E-state index in [1.807, 2.05) is 48.2 Å². The van der Waals surface area contributed by atoms with Gasteiger partial charge in [-0.05, 0) is 44.0 Å². The van der Waals surface area contributed by atoms with Crippen molar-refractivity contribution < 1.29 is 23.8 Å². The second-order valence-electron chi connectivity index (χ2n) is 7.82. The number of aryl methyl sites for hydroxylation is 1. The van der Waals surface area contributed by atoms with Crippen molar-refractivity contribution in [2.75, 3.05) is 46.5 Å². The Labute approximate surface area is 189 Å². The van der Waals surface area contributed by atoms with Crippen LogP contribution in [0.25, 0.3) is 0 Å². The van der Waals surface area contributed by atoms with Crippen molar-refractivity contribution in [1.82, 2.24) is 9.80 Å². The molecule has 0 radical (unpaired) electrons. The van der Waals surface area contributed by atoms with E-state index in [9.17, 15) is 9.59 Å². The molecule has 7 nitrogen and oxygen atoms in total. The van der Waals surface area contributed by atoms with Gasteiger partial charge in [-0.15, -0.1) is 0 Å². The minimum absolute atomic E-state index is 0.0509. The van der Waals surface area contributed by atoms with E-state index >= 15 is 0 Å². The lowest BCUT2D eigenvalue weighted by Gasteiger charge is -2.22. The summed E-state index contributed by atoms with van der Waals surface area (Å²) in [5.41, 5.74) is 1.19. The zero-order valence-electron chi connectivity index (χ0n) is 18.9. The van der Waals surface area contributed by atoms with Gasteiger partial charge in [0.25, 0.3) is 5.91 Å². The fourth-order valence-corrected chi connectivity index (χ4v) is 3.59. The summed E-state index contributed by atoms with van der Waals surface area (Å²) in [5.74, 6) is 1.98. The lowest BCUT2D eigenvalue weighted by atomic mass is 10.2. The number of nitrogens with zero attached hydrogens (tertiary/aromatic N) is 2. The Morgan fingerprint density at radius 3 is 2.19 bits per heavy atom. The highest BCUT2D eigenvalue weighted by molar-refractivity contribution is 5.78. The molecular weight excluding hydrogens is 408 g/mol. The molecule has 2 amide bonds. The largest absolute Gasteiger partial charge is 0.494 e. The van der Waals surface area contributed by atoms with E-state index in [1.165, 1.54) is 5.56 Å².